The lowest BCUT2D eigenvalue weighted by atomic mass is 9.73. The summed E-state index contributed by atoms with van der Waals surface area (Å²) >= 11 is 12.4. The van der Waals surface area contributed by atoms with Crippen molar-refractivity contribution in [2.45, 2.75) is 37.5 Å². The normalized spacial score (nSPS) is 19.2. The average molecular weight is 432 g/mol. The Kier molecular flexibility index (Phi) is 6.41. The highest BCUT2D eigenvalue weighted by atomic mass is 35.5. The fraction of sp³-hybridized carbons (Fsp3) is 0.500. The number of anilines is 1. The van der Waals surface area contributed by atoms with Crippen molar-refractivity contribution in [3.63, 3.8) is 0 Å². The highest BCUT2D eigenvalue weighted by Gasteiger charge is 2.42. The monoisotopic (exact) mass is 431 g/mol. The van der Waals surface area contributed by atoms with Crippen molar-refractivity contribution >= 4 is 28.9 Å². The highest BCUT2D eigenvalue weighted by Crippen LogP contribution is 2.45. The summed E-state index contributed by atoms with van der Waals surface area (Å²) in [6, 6.07) is 12.7. The second-order valence-corrected chi connectivity index (χ2v) is 9.50. The zero-order valence-electron chi connectivity index (χ0n) is 17.4. The molecule has 29 heavy (non-hydrogen) atoms. The van der Waals surface area contributed by atoms with Gasteiger partial charge in [0.2, 0.25) is 0 Å². The Bertz CT molecular complexity index is 859. The van der Waals surface area contributed by atoms with E-state index in [9.17, 15) is 0 Å². The number of halogens is 2. The largest absolute Gasteiger partial charge is 0.384 e. The lowest BCUT2D eigenvalue weighted by Gasteiger charge is -2.40. The Morgan fingerprint density at radius 1 is 1.14 bits per heavy atom. The summed E-state index contributed by atoms with van der Waals surface area (Å²) in [6.07, 6.45) is 3.60. The van der Waals surface area contributed by atoms with Gasteiger partial charge in [0.1, 0.15) is 0 Å². The molecule has 0 aliphatic carbocycles. The van der Waals surface area contributed by atoms with Crippen molar-refractivity contribution in [3.05, 3.63) is 63.1 Å². The van der Waals surface area contributed by atoms with Crippen LogP contribution < -0.4 is 10.6 Å². The van der Waals surface area contributed by atoms with E-state index in [1.165, 1.54) is 42.7 Å². The molecule has 2 aromatic rings. The van der Waals surface area contributed by atoms with Crippen LogP contribution in [0.15, 0.2) is 36.4 Å². The minimum absolute atomic E-state index is 0.325. The number of benzene rings is 2. The van der Waals surface area contributed by atoms with Crippen molar-refractivity contribution in [1.82, 2.24) is 10.2 Å². The number of aryl methyl sites for hydroxylation is 1. The van der Waals surface area contributed by atoms with Crippen molar-refractivity contribution in [2.75, 3.05) is 45.1 Å². The van der Waals surface area contributed by atoms with Gasteiger partial charge in [-0.25, -0.2) is 0 Å². The summed E-state index contributed by atoms with van der Waals surface area (Å²) in [7, 11) is 2.02. The molecular formula is C24H31Cl2N3. The van der Waals surface area contributed by atoms with Crippen molar-refractivity contribution in [3.8, 4) is 0 Å². The van der Waals surface area contributed by atoms with Crippen LogP contribution in [0.25, 0.3) is 0 Å². The fourth-order valence-electron chi connectivity index (χ4n) is 5.24. The zero-order chi connectivity index (χ0) is 20.4. The first kappa shape index (κ1) is 21.0. The van der Waals surface area contributed by atoms with E-state index in [0.29, 0.717) is 21.4 Å². The van der Waals surface area contributed by atoms with Crippen LogP contribution in [0, 0.1) is 6.92 Å². The number of hydrogen-bond donors (Lipinski definition) is 2. The molecule has 1 spiro atoms. The Morgan fingerprint density at radius 3 is 2.66 bits per heavy atom. The van der Waals surface area contributed by atoms with E-state index in [1.54, 1.807) is 5.56 Å². The number of nitrogens with zero attached hydrogens (tertiary/aromatic N) is 1. The molecular weight excluding hydrogens is 401 g/mol. The topological polar surface area (TPSA) is 27.3 Å². The first-order valence-electron chi connectivity index (χ1n) is 10.7. The third kappa shape index (κ3) is 4.29. The van der Waals surface area contributed by atoms with Gasteiger partial charge in [-0.2, -0.15) is 0 Å². The maximum Gasteiger partial charge on any atom is 0.0595 e. The number of likely N-dealkylation sites (N-methyl/N-ethyl adjacent to an activating group) is 1. The summed E-state index contributed by atoms with van der Waals surface area (Å²) in [5.74, 6) is 0.446. The Morgan fingerprint density at radius 2 is 1.93 bits per heavy atom. The molecule has 2 aromatic carbocycles. The molecule has 0 bridgehead atoms. The second kappa shape index (κ2) is 8.85. The Hall–Kier alpha value is -1.26. The van der Waals surface area contributed by atoms with Gasteiger partial charge in [0.15, 0.2) is 0 Å². The molecule has 3 nitrogen and oxygen atoms in total. The van der Waals surface area contributed by atoms with E-state index >= 15 is 0 Å². The lowest BCUT2D eigenvalue weighted by Crippen LogP contribution is -2.44. The molecule has 2 N–H and O–H groups in total. The molecule has 4 rings (SSSR count). The van der Waals surface area contributed by atoms with Gasteiger partial charge in [-0.15, -0.1) is 0 Å². The van der Waals surface area contributed by atoms with Crippen LogP contribution in [0.3, 0.4) is 0 Å². The number of hydrogen-bond acceptors (Lipinski definition) is 3. The first-order valence-corrected chi connectivity index (χ1v) is 11.4. The van der Waals surface area contributed by atoms with Crippen molar-refractivity contribution in [1.29, 1.82) is 0 Å². The zero-order valence-corrected chi connectivity index (χ0v) is 18.9. The van der Waals surface area contributed by atoms with Gasteiger partial charge in [0.25, 0.3) is 0 Å². The summed E-state index contributed by atoms with van der Waals surface area (Å²) < 4.78 is 0. The van der Waals surface area contributed by atoms with E-state index in [1.807, 2.05) is 19.2 Å². The maximum atomic E-state index is 6.26. The molecule has 1 atom stereocenters. The fourth-order valence-corrected chi connectivity index (χ4v) is 5.55. The van der Waals surface area contributed by atoms with E-state index in [4.69, 9.17) is 23.2 Å². The van der Waals surface area contributed by atoms with Crippen LogP contribution in [-0.2, 0) is 5.41 Å². The first-order chi connectivity index (χ1) is 14.0. The quantitative estimate of drug-likeness (QED) is 0.635. The number of fused-ring (bicyclic) bond motifs is 2. The third-order valence-corrected chi connectivity index (χ3v) is 7.63. The number of nitrogens with one attached hydrogen (secondary N) is 2. The lowest BCUT2D eigenvalue weighted by molar-refractivity contribution is 0.164. The van der Waals surface area contributed by atoms with Gasteiger partial charge in [-0.3, -0.25) is 0 Å². The van der Waals surface area contributed by atoms with Gasteiger partial charge in [-0.1, -0.05) is 41.4 Å². The van der Waals surface area contributed by atoms with Crippen LogP contribution in [0.1, 0.15) is 41.9 Å². The molecule has 5 heteroatoms. The number of piperidine rings is 1. The van der Waals surface area contributed by atoms with Gasteiger partial charge in [0, 0.05) is 24.2 Å². The summed E-state index contributed by atoms with van der Waals surface area (Å²) in [5.41, 5.74) is 5.96. The van der Waals surface area contributed by atoms with Crippen molar-refractivity contribution in [2.24, 2.45) is 0 Å². The van der Waals surface area contributed by atoms with E-state index in [-0.39, 0.29) is 0 Å². The van der Waals surface area contributed by atoms with Crippen LogP contribution in [0.4, 0.5) is 5.69 Å². The molecule has 1 unspecified atom stereocenters. The van der Waals surface area contributed by atoms with Gasteiger partial charge in [0.05, 0.1) is 10.0 Å². The van der Waals surface area contributed by atoms with Gasteiger partial charge < -0.3 is 15.5 Å². The van der Waals surface area contributed by atoms with Gasteiger partial charge >= 0.3 is 0 Å². The minimum Gasteiger partial charge on any atom is -0.384 e. The smallest absolute Gasteiger partial charge is 0.0595 e. The van der Waals surface area contributed by atoms with E-state index in [0.717, 1.165) is 26.1 Å². The maximum absolute atomic E-state index is 6.26. The molecule has 1 saturated heterocycles. The predicted molar refractivity (Wildman–Crippen MR) is 125 cm³/mol. The second-order valence-electron chi connectivity index (χ2n) is 8.69. The molecule has 2 aliphatic heterocycles. The molecule has 0 aromatic heterocycles. The molecule has 1 fully saturated rings. The van der Waals surface area contributed by atoms with Crippen LogP contribution in [0.5, 0.6) is 0 Å². The standard InChI is InChI=1S/C24H31Cl2N3/c1-17-4-3-5-22-23(17)24(16-28-22)9-12-29(13-10-24)11-8-19(15-27-2)18-6-7-20(25)21(26)14-18/h3-7,14,19,27-28H,8-13,15-16H2,1-2H3. The summed E-state index contributed by atoms with van der Waals surface area (Å²) in [5, 5.41) is 8.28. The predicted octanol–water partition coefficient (Wildman–Crippen LogP) is 5.45. The third-order valence-electron chi connectivity index (χ3n) is 6.89. The number of rotatable bonds is 6. The Labute approximate surface area is 184 Å². The molecule has 0 saturated carbocycles. The molecule has 2 heterocycles. The van der Waals surface area contributed by atoms with Gasteiger partial charge in [-0.05, 0) is 93.7 Å². The summed E-state index contributed by atoms with van der Waals surface area (Å²) in [6.45, 7) is 7.77. The summed E-state index contributed by atoms with van der Waals surface area (Å²) in [4.78, 5) is 2.64. The molecule has 156 valence electrons. The van der Waals surface area contributed by atoms with E-state index < -0.39 is 0 Å². The van der Waals surface area contributed by atoms with Crippen LogP contribution >= 0.6 is 23.2 Å². The minimum atomic E-state index is 0.325. The number of likely N-dealkylation sites (tertiary alicyclic amines) is 1. The van der Waals surface area contributed by atoms with Crippen molar-refractivity contribution < 1.29 is 0 Å². The highest BCUT2D eigenvalue weighted by molar-refractivity contribution is 6.42. The van der Waals surface area contributed by atoms with Crippen LogP contribution in [0.2, 0.25) is 10.0 Å². The van der Waals surface area contributed by atoms with E-state index in [2.05, 4.69) is 46.7 Å². The molecule has 2 aliphatic rings. The SMILES string of the molecule is CNCC(CCN1CCC2(CC1)CNc1cccc(C)c12)c1ccc(Cl)c(Cl)c1. The average Bonchev–Trinajstić information content (AvgIpc) is 3.08. The van der Waals surface area contributed by atoms with Crippen LogP contribution in [-0.4, -0.2) is 44.7 Å². The Balaban J connectivity index is 1.38. The molecule has 0 amide bonds. The molecule has 0 radical (unpaired) electrons.